The SMILES string of the molecule is CCN(CC(C)(C)O)C(=O)c1ccc(N)cn1. The van der Waals surface area contributed by atoms with E-state index in [4.69, 9.17) is 5.73 Å². The van der Waals surface area contributed by atoms with Gasteiger partial charge in [-0.2, -0.15) is 0 Å². The maximum absolute atomic E-state index is 12.1. The number of nitrogen functional groups attached to an aromatic ring is 1. The zero-order chi connectivity index (χ0) is 13.1. The molecular formula is C12H19N3O2. The monoisotopic (exact) mass is 237 g/mol. The Labute approximate surface area is 101 Å². The van der Waals surface area contributed by atoms with Crippen molar-refractivity contribution in [3.05, 3.63) is 24.0 Å². The Hall–Kier alpha value is -1.62. The van der Waals surface area contributed by atoms with E-state index >= 15 is 0 Å². The second kappa shape index (κ2) is 5.14. The lowest BCUT2D eigenvalue weighted by Crippen LogP contribution is -2.42. The van der Waals surface area contributed by atoms with Crippen LogP contribution in [0.4, 0.5) is 5.69 Å². The zero-order valence-corrected chi connectivity index (χ0v) is 10.5. The number of aromatic nitrogens is 1. The predicted molar refractivity (Wildman–Crippen MR) is 66.5 cm³/mol. The standard InChI is InChI=1S/C12H19N3O2/c1-4-15(8-12(2,3)17)11(16)10-6-5-9(13)7-14-10/h5-7,17H,4,8,13H2,1-3H3. The molecule has 1 aromatic rings. The minimum Gasteiger partial charge on any atom is -0.397 e. The topological polar surface area (TPSA) is 79.5 Å². The highest BCUT2D eigenvalue weighted by Crippen LogP contribution is 2.09. The lowest BCUT2D eigenvalue weighted by Gasteiger charge is -2.27. The number of rotatable bonds is 4. The van der Waals surface area contributed by atoms with Gasteiger partial charge in [0.2, 0.25) is 0 Å². The highest BCUT2D eigenvalue weighted by atomic mass is 16.3. The fourth-order valence-electron chi connectivity index (χ4n) is 1.49. The Balaban J connectivity index is 2.83. The number of carbonyl (C=O) groups is 1. The molecule has 0 aliphatic rings. The Bertz CT molecular complexity index is 382. The molecule has 0 aliphatic heterocycles. The van der Waals surface area contributed by atoms with Crippen LogP contribution in [-0.2, 0) is 0 Å². The van der Waals surface area contributed by atoms with Crippen LogP contribution in [-0.4, -0.2) is 39.6 Å². The molecule has 3 N–H and O–H groups in total. The third kappa shape index (κ3) is 4.03. The Morgan fingerprint density at radius 3 is 2.59 bits per heavy atom. The normalized spacial score (nSPS) is 11.3. The van der Waals surface area contributed by atoms with Crippen molar-refractivity contribution < 1.29 is 9.90 Å². The van der Waals surface area contributed by atoms with Gasteiger partial charge in [-0.1, -0.05) is 0 Å². The molecule has 94 valence electrons. The average molecular weight is 237 g/mol. The van der Waals surface area contributed by atoms with Crippen LogP contribution in [0.2, 0.25) is 0 Å². The maximum Gasteiger partial charge on any atom is 0.272 e. The number of nitrogens with zero attached hydrogens (tertiary/aromatic N) is 2. The lowest BCUT2D eigenvalue weighted by molar-refractivity contribution is 0.0311. The van der Waals surface area contributed by atoms with Crippen molar-refractivity contribution in [1.82, 2.24) is 9.88 Å². The van der Waals surface area contributed by atoms with Crippen LogP contribution >= 0.6 is 0 Å². The van der Waals surface area contributed by atoms with Gasteiger partial charge in [0.15, 0.2) is 0 Å². The number of pyridine rings is 1. The van der Waals surface area contributed by atoms with E-state index in [1.807, 2.05) is 6.92 Å². The van der Waals surface area contributed by atoms with E-state index in [0.717, 1.165) is 0 Å². The van der Waals surface area contributed by atoms with E-state index in [9.17, 15) is 9.90 Å². The molecular weight excluding hydrogens is 218 g/mol. The van der Waals surface area contributed by atoms with Gasteiger partial charge in [0.05, 0.1) is 17.5 Å². The van der Waals surface area contributed by atoms with Gasteiger partial charge in [-0.05, 0) is 32.9 Å². The third-order valence-corrected chi connectivity index (χ3v) is 2.25. The molecule has 0 unspecified atom stereocenters. The minimum absolute atomic E-state index is 0.199. The Kier molecular flexibility index (Phi) is 4.07. The molecule has 0 atom stereocenters. The fourth-order valence-corrected chi connectivity index (χ4v) is 1.49. The first-order chi connectivity index (χ1) is 7.83. The summed E-state index contributed by atoms with van der Waals surface area (Å²) < 4.78 is 0. The molecule has 17 heavy (non-hydrogen) atoms. The van der Waals surface area contributed by atoms with E-state index in [2.05, 4.69) is 4.98 Å². The van der Waals surface area contributed by atoms with Crippen LogP contribution in [0.5, 0.6) is 0 Å². The number of aliphatic hydroxyl groups is 1. The molecule has 0 radical (unpaired) electrons. The summed E-state index contributed by atoms with van der Waals surface area (Å²) in [7, 11) is 0. The Morgan fingerprint density at radius 1 is 1.53 bits per heavy atom. The molecule has 1 heterocycles. The minimum atomic E-state index is -0.917. The van der Waals surface area contributed by atoms with Crippen molar-refractivity contribution in [2.75, 3.05) is 18.8 Å². The number of nitrogens with two attached hydrogens (primary N) is 1. The van der Waals surface area contributed by atoms with E-state index in [1.54, 1.807) is 30.9 Å². The fraction of sp³-hybridized carbons (Fsp3) is 0.500. The van der Waals surface area contributed by atoms with Gasteiger partial charge in [-0.3, -0.25) is 4.79 Å². The van der Waals surface area contributed by atoms with Gasteiger partial charge >= 0.3 is 0 Å². The van der Waals surface area contributed by atoms with Crippen molar-refractivity contribution in [2.24, 2.45) is 0 Å². The van der Waals surface area contributed by atoms with Crippen molar-refractivity contribution in [1.29, 1.82) is 0 Å². The van der Waals surface area contributed by atoms with E-state index in [0.29, 0.717) is 17.9 Å². The van der Waals surface area contributed by atoms with Gasteiger partial charge in [-0.25, -0.2) is 4.98 Å². The molecule has 0 fully saturated rings. The van der Waals surface area contributed by atoms with E-state index in [1.165, 1.54) is 6.20 Å². The molecule has 0 saturated carbocycles. The molecule has 0 saturated heterocycles. The number of amides is 1. The molecule has 1 aromatic heterocycles. The second-order valence-corrected chi connectivity index (χ2v) is 4.61. The summed E-state index contributed by atoms with van der Waals surface area (Å²) in [6.45, 7) is 5.99. The number of hydrogen-bond donors (Lipinski definition) is 2. The first-order valence-corrected chi connectivity index (χ1v) is 5.56. The van der Waals surface area contributed by atoms with Gasteiger partial charge < -0.3 is 15.7 Å². The number of likely N-dealkylation sites (N-methyl/N-ethyl adjacent to an activating group) is 1. The first-order valence-electron chi connectivity index (χ1n) is 5.56. The molecule has 5 nitrogen and oxygen atoms in total. The second-order valence-electron chi connectivity index (χ2n) is 4.61. The quantitative estimate of drug-likeness (QED) is 0.815. The zero-order valence-electron chi connectivity index (χ0n) is 10.5. The molecule has 0 spiro atoms. The van der Waals surface area contributed by atoms with Crippen molar-refractivity contribution >= 4 is 11.6 Å². The highest BCUT2D eigenvalue weighted by molar-refractivity contribution is 5.92. The van der Waals surface area contributed by atoms with Crippen LogP contribution in [0.1, 0.15) is 31.3 Å². The number of anilines is 1. The van der Waals surface area contributed by atoms with Crippen molar-refractivity contribution in [2.45, 2.75) is 26.4 Å². The van der Waals surface area contributed by atoms with Crippen molar-refractivity contribution in [3.8, 4) is 0 Å². The highest BCUT2D eigenvalue weighted by Gasteiger charge is 2.22. The largest absolute Gasteiger partial charge is 0.397 e. The Morgan fingerprint density at radius 2 is 2.18 bits per heavy atom. The summed E-state index contributed by atoms with van der Waals surface area (Å²) >= 11 is 0. The van der Waals surface area contributed by atoms with Crippen LogP contribution in [0.3, 0.4) is 0 Å². The molecule has 1 rings (SSSR count). The van der Waals surface area contributed by atoms with Gasteiger partial charge in [-0.15, -0.1) is 0 Å². The van der Waals surface area contributed by atoms with Gasteiger partial charge in [0, 0.05) is 13.1 Å². The summed E-state index contributed by atoms with van der Waals surface area (Å²) in [6.07, 6.45) is 1.45. The predicted octanol–water partition coefficient (Wildman–Crippen LogP) is 0.897. The van der Waals surface area contributed by atoms with E-state index < -0.39 is 5.60 Å². The maximum atomic E-state index is 12.1. The lowest BCUT2D eigenvalue weighted by atomic mass is 10.1. The average Bonchev–Trinajstić information content (AvgIpc) is 2.25. The van der Waals surface area contributed by atoms with Crippen LogP contribution in [0.15, 0.2) is 18.3 Å². The van der Waals surface area contributed by atoms with Crippen LogP contribution in [0, 0.1) is 0 Å². The molecule has 1 amide bonds. The third-order valence-electron chi connectivity index (χ3n) is 2.25. The van der Waals surface area contributed by atoms with E-state index in [-0.39, 0.29) is 12.5 Å². The summed E-state index contributed by atoms with van der Waals surface area (Å²) in [5.41, 5.74) is 5.45. The summed E-state index contributed by atoms with van der Waals surface area (Å²) in [6, 6.07) is 3.23. The molecule has 5 heteroatoms. The molecule has 0 bridgehead atoms. The van der Waals surface area contributed by atoms with Crippen LogP contribution in [0.25, 0.3) is 0 Å². The summed E-state index contributed by atoms with van der Waals surface area (Å²) in [5.74, 6) is -0.199. The van der Waals surface area contributed by atoms with Crippen LogP contribution < -0.4 is 5.73 Å². The molecule has 0 aliphatic carbocycles. The number of hydrogen-bond acceptors (Lipinski definition) is 4. The van der Waals surface area contributed by atoms with Gasteiger partial charge in [0.1, 0.15) is 5.69 Å². The summed E-state index contributed by atoms with van der Waals surface area (Å²) in [5, 5.41) is 9.72. The summed E-state index contributed by atoms with van der Waals surface area (Å²) in [4.78, 5) is 17.6. The van der Waals surface area contributed by atoms with Gasteiger partial charge in [0.25, 0.3) is 5.91 Å². The molecule has 0 aromatic carbocycles. The number of carbonyl (C=O) groups excluding carboxylic acids is 1. The van der Waals surface area contributed by atoms with Crippen molar-refractivity contribution in [3.63, 3.8) is 0 Å². The smallest absolute Gasteiger partial charge is 0.272 e. The first kappa shape index (κ1) is 13.4.